The third-order valence-corrected chi connectivity index (χ3v) is 5.23. The number of sulfonamides is 1. The fourth-order valence-electron chi connectivity index (χ4n) is 2.56. The molecule has 1 heterocycles. The van der Waals surface area contributed by atoms with Crippen molar-refractivity contribution in [1.82, 2.24) is 14.5 Å². The standard InChI is InChI=1S/C17H16N4O6S/c1-27-8-7-20-11-14-15(18-20)9-13(10-16(14)21(23)24)28(25,26)19-17(22)12-5-3-2-4-6-12/h2-6,9-11H,7-8H2,1H3,(H,19,22). The van der Waals surface area contributed by atoms with E-state index >= 15 is 0 Å². The molecule has 0 bridgehead atoms. The quantitative estimate of drug-likeness (QED) is 0.468. The van der Waals surface area contributed by atoms with E-state index in [0.717, 1.165) is 6.07 Å². The maximum Gasteiger partial charge on any atom is 0.281 e. The van der Waals surface area contributed by atoms with Crippen LogP contribution < -0.4 is 4.72 Å². The lowest BCUT2D eigenvalue weighted by molar-refractivity contribution is -0.383. The van der Waals surface area contributed by atoms with E-state index in [1.807, 2.05) is 4.72 Å². The summed E-state index contributed by atoms with van der Waals surface area (Å²) in [4.78, 5) is 22.5. The van der Waals surface area contributed by atoms with Gasteiger partial charge in [-0.2, -0.15) is 5.10 Å². The van der Waals surface area contributed by atoms with Crippen LogP contribution in [0.3, 0.4) is 0 Å². The first kappa shape index (κ1) is 19.5. The minimum absolute atomic E-state index is 0.123. The van der Waals surface area contributed by atoms with Crippen LogP contribution in [0.15, 0.2) is 53.6 Å². The first-order chi connectivity index (χ1) is 13.3. The van der Waals surface area contributed by atoms with Gasteiger partial charge in [-0.25, -0.2) is 13.1 Å². The predicted octanol–water partition coefficient (Wildman–Crippen LogP) is 1.71. The number of carbonyl (C=O) groups is 1. The maximum absolute atomic E-state index is 12.6. The molecule has 0 saturated carbocycles. The predicted molar refractivity (Wildman–Crippen MR) is 99.4 cm³/mol. The van der Waals surface area contributed by atoms with E-state index in [9.17, 15) is 23.3 Å². The molecule has 0 radical (unpaired) electrons. The Kier molecular flexibility index (Phi) is 5.38. The highest BCUT2D eigenvalue weighted by Gasteiger charge is 2.25. The maximum atomic E-state index is 12.6. The van der Waals surface area contributed by atoms with Crippen LogP contribution in [0.25, 0.3) is 10.9 Å². The number of aromatic nitrogens is 2. The number of fused-ring (bicyclic) bond motifs is 1. The van der Waals surface area contributed by atoms with Gasteiger partial charge in [0, 0.05) is 24.9 Å². The van der Waals surface area contributed by atoms with E-state index in [0.29, 0.717) is 13.2 Å². The second-order valence-electron chi connectivity index (χ2n) is 5.82. The minimum Gasteiger partial charge on any atom is -0.383 e. The van der Waals surface area contributed by atoms with E-state index in [2.05, 4.69) is 5.10 Å². The first-order valence-corrected chi connectivity index (χ1v) is 9.57. The fourth-order valence-corrected chi connectivity index (χ4v) is 3.58. The van der Waals surface area contributed by atoms with Crippen molar-refractivity contribution in [2.45, 2.75) is 11.4 Å². The molecule has 0 aliphatic rings. The zero-order valence-electron chi connectivity index (χ0n) is 14.7. The van der Waals surface area contributed by atoms with Crippen LogP contribution in [0.2, 0.25) is 0 Å². The number of ether oxygens (including phenoxy) is 1. The van der Waals surface area contributed by atoms with Crippen LogP contribution in [-0.2, 0) is 21.3 Å². The SMILES string of the molecule is COCCn1cc2c([N+](=O)[O-])cc(S(=O)(=O)NC(=O)c3ccccc3)cc2n1. The number of nitrogens with zero attached hydrogens (tertiary/aromatic N) is 3. The van der Waals surface area contributed by atoms with Gasteiger partial charge in [0.25, 0.3) is 21.6 Å². The number of carbonyl (C=O) groups excluding carboxylic acids is 1. The van der Waals surface area contributed by atoms with E-state index in [1.165, 1.54) is 36.2 Å². The molecule has 0 atom stereocenters. The highest BCUT2D eigenvalue weighted by molar-refractivity contribution is 7.90. The molecule has 10 nitrogen and oxygen atoms in total. The second-order valence-corrected chi connectivity index (χ2v) is 7.50. The number of benzene rings is 2. The lowest BCUT2D eigenvalue weighted by Crippen LogP contribution is -2.30. The molecule has 28 heavy (non-hydrogen) atoms. The van der Waals surface area contributed by atoms with Crippen molar-refractivity contribution < 1.29 is 22.9 Å². The number of nitro benzene ring substituents is 1. The van der Waals surface area contributed by atoms with Crippen molar-refractivity contribution in [2.75, 3.05) is 13.7 Å². The number of hydrogen-bond donors (Lipinski definition) is 1. The summed E-state index contributed by atoms with van der Waals surface area (Å²) >= 11 is 0. The average molecular weight is 404 g/mol. The van der Waals surface area contributed by atoms with Crippen LogP contribution in [0.5, 0.6) is 0 Å². The first-order valence-electron chi connectivity index (χ1n) is 8.08. The Morgan fingerprint density at radius 2 is 2.00 bits per heavy atom. The molecule has 1 N–H and O–H groups in total. The van der Waals surface area contributed by atoms with Gasteiger partial charge in [0.2, 0.25) is 0 Å². The number of methoxy groups -OCH3 is 1. The highest BCUT2D eigenvalue weighted by Crippen LogP contribution is 2.29. The van der Waals surface area contributed by atoms with Crippen molar-refractivity contribution in [2.24, 2.45) is 0 Å². The molecule has 3 aromatic rings. The van der Waals surface area contributed by atoms with E-state index in [4.69, 9.17) is 4.74 Å². The minimum atomic E-state index is -4.34. The summed E-state index contributed by atoms with van der Waals surface area (Å²) in [5.41, 5.74) is -0.156. The normalized spacial score (nSPS) is 11.5. The Hall–Kier alpha value is -3.31. The fraction of sp³-hybridized carbons (Fsp3) is 0.176. The van der Waals surface area contributed by atoms with Crippen molar-refractivity contribution in [3.63, 3.8) is 0 Å². The Bertz CT molecular complexity index is 1140. The zero-order chi connectivity index (χ0) is 20.3. The number of non-ortho nitro benzene ring substituents is 1. The lowest BCUT2D eigenvalue weighted by Gasteiger charge is -2.07. The smallest absolute Gasteiger partial charge is 0.281 e. The molecule has 0 spiro atoms. The third-order valence-electron chi connectivity index (χ3n) is 3.92. The van der Waals surface area contributed by atoms with Gasteiger partial charge in [-0.1, -0.05) is 18.2 Å². The molecular formula is C17H16N4O6S. The molecule has 0 saturated heterocycles. The second kappa shape index (κ2) is 7.74. The van der Waals surface area contributed by atoms with Gasteiger partial charge in [-0.3, -0.25) is 19.6 Å². The lowest BCUT2D eigenvalue weighted by atomic mass is 10.2. The number of nitrogens with one attached hydrogen (secondary N) is 1. The van der Waals surface area contributed by atoms with Crippen molar-refractivity contribution in [3.05, 3.63) is 64.3 Å². The van der Waals surface area contributed by atoms with Crippen LogP contribution in [0.4, 0.5) is 5.69 Å². The summed E-state index contributed by atoms with van der Waals surface area (Å²) in [5.74, 6) is -0.839. The topological polar surface area (TPSA) is 133 Å². The van der Waals surface area contributed by atoms with E-state index < -0.39 is 31.4 Å². The van der Waals surface area contributed by atoms with Gasteiger partial charge in [0.15, 0.2) is 0 Å². The van der Waals surface area contributed by atoms with Crippen LogP contribution in [0.1, 0.15) is 10.4 Å². The number of hydrogen-bond acceptors (Lipinski definition) is 7. The van der Waals surface area contributed by atoms with Crippen LogP contribution in [-0.4, -0.2) is 42.7 Å². The van der Waals surface area contributed by atoms with Gasteiger partial charge in [0.1, 0.15) is 5.52 Å². The zero-order valence-corrected chi connectivity index (χ0v) is 15.5. The summed E-state index contributed by atoms with van der Waals surface area (Å²) in [6.45, 7) is 0.676. The molecular weight excluding hydrogens is 388 g/mol. The average Bonchev–Trinajstić information content (AvgIpc) is 3.08. The molecule has 2 aromatic carbocycles. The highest BCUT2D eigenvalue weighted by atomic mass is 32.2. The largest absolute Gasteiger partial charge is 0.383 e. The number of nitro groups is 1. The van der Waals surface area contributed by atoms with Gasteiger partial charge < -0.3 is 4.74 Å². The van der Waals surface area contributed by atoms with Crippen LogP contribution in [0, 0.1) is 10.1 Å². The summed E-state index contributed by atoms with van der Waals surface area (Å²) < 4.78 is 33.5. The van der Waals surface area contributed by atoms with Crippen molar-refractivity contribution >= 4 is 32.5 Å². The van der Waals surface area contributed by atoms with E-state index in [1.54, 1.807) is 18.2 Å². The Morgan fingerprint density at radius 1 is 1.29 bits per heavy atom. The summed E-state index contributed by atoms with van der Waals surface area (Å²) in [6, 6.07) is 9.86. The molecule has 11 heteroatoms. The number of amides is 1. The summed E-state index contributed by atoms with van der Waals surface area (Å²) in [7, 11) is -2.84. The molecule has 0 aliphatic heterocycles. The van der Waals surface area contributed by atoms with Gasteiger partial charge in [0.05, 0.1) is 28.4 Å². The third kappa shape index (κ3) is 4.00. The Labute approximate surface area is 159 Å². The number of rotatable bonds is 7. The monoisotopic (exact) mass is 404 g/mol. The Morgan fingerprint density at radius 3 is 2.64 bits per heavy atom. The molecule has 1 amide bonds. The molecule has 0 unspecified atom stereocenters. The van der Waals surface area contributed by atoms with Gasteiger partial charge >= 0.3 is 0 Å². The Balaban J connectivity index is 2.01. The van der Waals surface area contributed by atoms with Gasteiger partial charge in [-0.15, -0.1) is 0 Å². The summed E-state index contributed by atoms with van der Waals surface area (Å²) in [6.07, 6.45) is 1.45. The summed E-state index contributed by atoms with van der Waals surface area (Å²) in [5, 5.41) is 15.8. The molecule has 1 aromatic heterocycles. The van der Waals surface area contributed by atoms with E-state index in [-0.39, 0.29) is 16.5 Å². The van der Waals surface area contributed by atoms with Crippen molar-refractivity contribution in [3.8, 4) is 0 Å². The molecule has 0 fully saturated rings. The molecule has 146 valence electrons. The van der Waals surface area contributed by atoms with Gasteiger partial charge in [-0.05, 0) is 18.2 Å². The van der Waals surface area contributed by atoms with Crippen molar-refractivity contribution in [1.29, 1.82) is 0 Å². The molecule has 3 rings (SSSR count). The molecule has 0 aliphatic carbocycles. The van der Waals surface area contributed by atoms with Crippen LogP contribution >= 0.6 is 0 Å².